The third kappa shape index (κ3) is 2.76. The summed E-state index contributed by atoms with van der Waals surface area (Å²) in [7, 11) is 0. The lowest BCUT2D eigenvalue weighted by Gasteiger charge is -2.13. The molecule has 0 aliphatic carbocycles. The lowest BCUT2D eigenvalue weighted by molar-refractivity contribution is 0.309. The third-order valence-corrected chi connectivity index (χ3v) is 4.21. The molecular weight excluding hydrogens is 282 g/mol. The van der Waals surface area contributed by atoms with Crippen LogP contribution in [0.4, 0.5) is 0 Å². The van der Waals surface area contributed by atoms with Crippen LogP contribution < -0.4 is 4.74 Å². The predicted octanol–water partition coefficient (Wildman–Crippen LogP) is 4.68. The van der Waals surface area contributed by atoms with Crippen molar-refractivity contribution < 1.29 is 9.94 Å². The highest BCUT2D eigenvalue weighted by Crippen LogP contribution is 2.31. The van der Waals surface area contributed by atoms with E-state index in [9.17, 15) is 0 Å². The van der Waals surface area contributed by atoms with Crippen molar-refractivity contribution in [2.45, 2.75) is 13.5 Å². The van der Waals surface area contributed by atoms with Gasteiger partial charge in [0.25, 0.3) is 0 Å². The summed E-state index contributed by atoms with van der Waals surface area (Å²) in [5.41, 5.74) is 1.36. The first-order valence-corrected chi connectivity index (χ1v) is 7.53. The van der Waals surface area contributed by atoms with Gasteiger partial charge in [-0.25, -0.2) is 0 Å². The van der Waals surface area contributed by atoms with E-state index in [1.165, 1.54) is 0 Å². The summed E-state index contributed by atoms with van der Waals surface area (Å²) in [5.74, 6) is 0.761. The molecule has 0 spiro atoms. The van der Waals surface area contributed by atoms with E-state index in [1.54, 1.807) is 18.3 Å². The average Bonchev–Trinajstić information content (AvgIpc) is 3.05. The van der Waals surface area contributed by atoms with E-state index < -0.39 is 0 Å². The minimum Gasteiger partial charge on any atom is -0.487 e. The molecule has 2 aromatic carbocycles. The Labute approximate surface area is 127 Å². The predicted molar refractivity (Wildman–Crippen MR) is 86.6 cm³/mol. The molecule has 1 heterocycles. The first kappa shape index (κ1) is 13.6. The molecule has 0 radical (unpaired) electrons. The summed E-state index contributed by atoms with van der Waals surface area (Å²) in [4.78, 5) is 1.16. The molecule has 0 fully saturated rings. The highest BCUT2D eigenvalue weighted by Gasteiger charge is 2.12. The van der Waals surface area contributed by atoms with Gasteiger partial charge in [-0.15, -0.1) is 11.3 Å². The second kappa shape index (κ2) is 5.97. The molecule has 1 aromatic heterocycles. The lowest BCUT2D eigenvalue weighted by atomic mass is 10.0. The molecule has 0 unspecified atom stereocenters. The first-order valence-electron chi connectivity index (χ1n) is 6.65. The summed E-state index contributed by atoms with van der Waals surface area (Å²) in [6.45, 7) is 2.28. The standard InChI is InChI=1S/C17H15NO2S/c1-12(18-19)15-9-8-13-5-2-3-7-16(13)17(15)20-11-14-6-4-10-21-14/h2-10,19H,11H2,1H3/b18-12+. The summed E-state index contributed by atoms with van der Waals surface area (Å²) >= 11 is 1.66. The van der Waals surface area contributed by atoms with Crippen molar-refractivity contribution in [3.63, 3.8) is 0 Å². The number of hydrogen-bond donors (Lipinski definition) is 1. The fraction of sp³-hybridized carbons (Fsp3) is 0.118. The topological polar surface area (TPSA) is 41.8 Å². The van der Waals surface area contributed by atoms with E-state index in [4.69, 9.17) is 9.94 Å². The highest BCUT2D eigenvalue weighted by molar-refractivity contribution is 7.09. The van der Waals surface area contributed by atoms with Crippen LogP contribution in [-0.4, -0.2) is 10.9 Å². The van der Waals surface area contributed by atoms with E-state index in [0.29, 0.717) is 12.3 Å². The largest absolute Gasteiger partial charge is 0.487 e. The Morgan fingerprint density at radius 2 is 2.00 bits per heavy atom. The van der Waals surface area contributed by atoms with E-state index in [0.717, 1.165) is 27.0 Å². The highest BCUT2D eigenvalue weighted by atomic mass is 32.1. The summed E-state index contributed by atoms with van der Waals surface area (Å²) < 4.78 is 6.04. The number of benzene rings is 2. The molecule has 0 amide bonds. The number of rotatable bonds is 4. The van der Waals surface area contributed by atoms with Crippen molar-refractivity contribution in [2.24, 2.45) is 5.16 Å². The molecular formula is C17H15NO2S. The van der Waals surface area contributed by atoms with Crippen LogP contribution in [0, 0.1) is 0 Å². The van der Waals surface area contributed by atoms with Crippen molar-refractivity contribution in [3.05, 3.63) is 64.4 Å². The van der Waals surface area contributed by atoms with Crippen LogP contribution in [0.15, 0.2) is 59.1 Å². The molecule has 0 bridgehead atoms. The zero-order valence-electron chi connectivity index (χ0n) is 11.6. The molecule has 106 valence electrons. The molecule has 0 saturated heterocycles. The average molecular weight is 297 g/mol. The molecule has 3 rings (SSSR count). The van der Waals surface area contributed by atoms with Gasteiger partial charge in [-0.05, 0) is 29.8 Å². The van der Waals surface area contributed by atoms with Crippen LogP contribution in [-0.2, 0) is 6.61 Å². The monoisotopic (exact) mass is 297 g/mol. The number of nitrogens with zero attached hydrogens (tertiary/aromatic N) is 1. The number of hydrogen-bond acceptors (Lipinski definition) is 4. The van der Waals surface area contributed by atoms with E-state index >= 15 is 0 Å². The normalized spacial score (nSPS) is 11.8. The quantitative estimate of drug-likeness (QED) is 0.431. The SMILES string of the molecule is C/C(=N\O)c1ccc2ccccc2c1OCc1cccs1. The van der Waals surface area contributed by atoms with Crippen LogP contribution in [0.1, 0.15) is 17.4 Å². The van der Waals surface area contributed by atoms with Gasteiger partial charge < -0.3 is 9.94 Å². The molecule has 3 aromatic rings. The van der Waals surface area contributed by atoms with Crippen molar-refractivity contribution in [3.8, 4) is 5.75 Å². The minimum absolute atomic E-state index is 0.511. The second-order valence-corrected chi connectivity index (χ2v) is 5.75. The number of ether oxygens (including phenoxy) is 1. The van der Waals surface area contributed by atoms with Crippen molar-refractivity contribution in [1.82, 2.24) is 0 Å². The van der Waals surface area contributed by atoms with Crippen molar-refractivity contribution in [2.75, 3.05) is 0 Å². The number of oxime groups is 1. The second-order valence-electron chi connectivity index (χ2n) is 4.72. The van der Waals surface area contributed by atoms with Gasteiger partial charge in [0.15, 0.2) is 0 Å². The van der Waals surface area contributed by atoms with Crippen LogP contribution >= 0.6 is 11.3 Å². The van der Waals surface area contributed by atoms with E-state index in [1.807, 2.05) is 53.9 Å². The molecule has 1 N–H and O–H groups in total. The zero-order chi connectivity index (χ0) is 14.7. The zero-order valence-corrected chi connectivity index (χ0v) is 12.4. The van der Waals surface area contributed by atoms with Gasteiger partial charge in [-0.1, -0.05) is 41.6 Å². The minimum atomic E-state index is 0.511. The molecule has 21 heavy (non-hydrogen) atoms. The maximum Gasteiger partial charge on any atom is 0.136 e. The van der Waals surface area contributed by atoms with E-state index in [-0.39, 0.29) is 0 Å². The molecule has 0 aliphatic heterocycles. The van der Waals surface area contributed by atoms with Gasteiger partial charge in [0, 0.05) is 15.8 Å². The first-order chi connectivity index (χ1) is 10.3. The fourth-order valence-corrected chi connectivity index (χ4v) is 2.89. The smallest absolute Gasteiger partial charge is 0.136 e. The fourth-order valence-electron chi connectivity index (χ4n) is 2.28. The summed E-state index contributed by atoms with van der Waals surface area (Å²) in [6, 6.07) is 16.0. The molecule has 0 saturated carbocycles. The van der Waals surface area contributed by atoms with Gasteiger partial charge in [-0.2, -0.15) is 0 Å². The number of fused-ring (bicyclic) bond motifs is 1. The third-order valence-electron chi connectivity index (χ3n) is 3.36. The Kier molecular flexibility index (Phi) is 3.88. The Morgan fingerprint density at radius 1 is 1.14 bits per heavy atom. The van der Waals surface area contributed by atoms with E-state index in [2.05, 4.69) is 5.16 Å². The van der Waals surface area contributed by atoms with Gasteiger partial charge in [0.2, 0.25) is 0 Å². The van der Waals surface area contributed by atoms with Gasteiger partial charge in [0.05, 0.1) is 5.71 Å². The van der Waals surface area contributed by atoms with Gasteiger partial charge in [0.1, 0.15) is 12.4 Å². The Hall–Kier alpha value is -2.33. The summed E-state index contributed by atoms with van der Waals surface area (Å²) in [6.07, 6.45) is 0. The van der Waals surface area contributed by atoms with Crippen molar-refractivity contribution >= 4 is 27.8 Å². The molecule has 0 atom stereocenters. The molecule has 4 heteroatoms. The van der Waals surface area contributed by atoms with Crippen LogP contribution in [0.5, 0.6) is 5.75 Å². The summed E-state index contributed by atoms with van der Waals surface area (Å²) in [5, 5.41) is 16.5. The number of thiophene rings is 1. The maximum atomic E-state index is 9.07. The van der Waals surface area contributed by atoms with Crippen LogP contribution in [0.3, 0.4) is 0 Å². The van der Waals surface area contributed by atoms with Crippen LogP contribution in [0.25, 0.3) is 10.8 Å². The molecule has 3 nitrogen and oxygen atoms in total. The van der Waals surface area contributed by atoms with Gasteiger partial charge >= 0.3 is 0 Å². The lowest BCUT2D eigenvalue weighted by Crippen LogP contribution is -2.02. The maximum absolute atomic E-state index is 9.07. The molecule has 0 aliphatic rings. The van der Waals surface area contributed by atoms with Gasteiger partial charge in [-0.3, -0.25) is 0 Å². The van der Waals surface area contributed by atoms with Crippen LogP contribution in [0.2, 0.25) is 0 Å². The Bertz CT molecular complexity index is 779. The Balaban J connectivity index is 2.07. The Morgan fingerprint density at radius 3 is 2.76 bits per heavy atom. The van der Waals surface area contributed by atoms with Crippen molar-refractivity contribution in [1.29, 1.82) is 0 Å².